The molecule has 7 nitrogen and oxygen atoms in total. The average Bonchev–Trinajstić information content (AvgIpc) is 2.75. The first kappa shape index (κ1) is 14.7. The second kappa shape index (κ2) is 5.71. The monoisotopic (exact) mass is 313 g/mol. The van der Waals surface area contributed by atoms with E-state index in [2.05, 4.69) is 33.8 Å². The molecule has 0 bridgehead atoms. The summed E-state index contributed by atoms with van der Waals surface area (Å²) in [5.74, 6) is 0.429. The lowest BCUT2D eigenvalue weighted by Crippen LogP contribution is -2.16. The minimum atomic E-state index is -3.84. The van der Waals surface area contributed by atoms with E-state index in [1.165, 1.54) is 23.6 Å². The van der Waals surface area contributed by atoms with Gasteiger partial charge in [-0.1, -0.05) is 25.2 Å². The summed E-state index contributed by atoms with van der Waals surface area (Å²) >= 11 is 1.21. The minimum absolute atomic E-state index is 0.0897. The molecule has 2 heterocycles. The Balaban J connectivity index is 2.21. The number of hydrogen-bond donors (Lipinski definition) is 2. The van der Waals surface area contributed by atoms with Crippen LogP contribution in [-0.2, 0) is 16.4 Å². The summed E-state index contributed by atoms with van der Waals surface area (Å²) in [6.07, 6.45) is 2.13. The number of sulfonamides is 1. The van der Waals surface area contributed by atoms with Crippen molar-refractivity contribution < 1.29 is 8.42 Å². The third-order valence-corrected chi connectivity index (χ3v) is 4.63. The molecule has 108 valence electrons. The van der Waals surface area contributed by atoms with Crippen LogP contribution in [0.1, 0.15) is 18.9 Å². The average molecular weight is 313 g/mol. The third kappa shape index (κ3) is 3.42. The van der Waals surface area contributed by atoms with E-state index in [4.69, 9.17) is 5.73 Å². The molecule has 0 spiro atoms. The molecule has 3 N–H and O–H groups in total. The fourth-order valence-corrected chi connectivity index (χ4v) is 3.76. The molecule has 2 aromatic heterocycles. The van der Waals surface area contributed by atoms with E-state index in [1.54, 1.807) is 6.07 Å². The van der Waals surface area contributed by atoms with Gasteiger partial charge in [-0.25, -0.2) is 4.98 Å². The van der Waals surface area contributed by atoms with E-state index in [0.717, 1.165) is 11.4 Å². The highest BCUT2D eigenvalue weighted by atomic mass is 32.2. The van der Waals surface area contributed by atoms with Crippen molar-refractivity contribution in [2.24, 2.45) is 5.92 Å². The second-order valence-corrected chi connectivity index (χ2v) is 7.26. The van der Waals surface area contributed by atoms with Crippen molar-refractivity contribution in [2.75, 3.05) is 10.5 Å². The molecule has 9 heteroatoms. The van der Waals surface area contributed by atoms with Gasteiger partial charge >= 0.3 is 0 Å². The maximum atomic E-state index is 12.1. The molecule has 0 saturated heterocycles. The zero-order chi connectivity index (χ0) is 14.8. The number of rotatable bonds is 5. The SMILES string of the molecule is CC(C)Cc1nnc(NS(=O)(=O)c2ncccc2N)s1. The molecule has 20 heavy (non-hydrogen) atoms. The highest BCUT2D eigenvalue weighted by molar-refractivity contribution is 7.93. The van der Waals surface area contributed by atoms with Crippen molar-refractivity contribution >= 4 is 32.2 Å². The second-order valence-electron chi connectivity index (χ2n) is 4.60. The van der Waals surface area contributed by atoms with Crippen molar-refractivity contribution in [3.8, 4) is 0 Å². The molecular weight excluding hydrogens is 298 g/mol. The van der Waals surface area contributed by atoms with E-state index < -0.39 is 10.0 Å². The van der Waals surface area contributed by atoms with Crippen LogP contribution in [0.15, 0.2) is 23.4 Å². The van der Waals surface area contributed by atoms with Crippen LogP contribution >= 0.6 is 11.3 Å². The van der Waals surface area contributed by atoms with Crippen molar-refractivity contribution in [3.63, 3.8) is 0 Å². The molecule has 0 unspecified atom stereocenters. The lowest BCUT2D eigenvalue weighted by Gasteiger charge is -2.05. The Morgan fingerprint density at radius 1 is 1.40 bits per heavy atom. The van der Waals surface area contributed by atoms with Gasteiger partial charge in [-0.15, -0.1) is 10.2 Å². The maximum absolute atomic E-state index is 12.1. The molecule has 0 atom stereocenters. The van der Waals surface area contributed by atoms with Gasteiger partial charge in [0.1, 0.15) is 5.01 Å². The van der Waals surface area contributed by atoms with Crippen molar-refractivity contribution in [3.05, 3.63) is 23.3 Å². The first-order valence-corrected chi connectivity index (χ1v) is 8.24. The van der Waals surface area contributed by atoms with Gasteiger partial charge in [0.2, 0.25) is 5.13 Å². The fraction of sp³-hybridized carbons (Fsp3) is 0.364. The van der Waals surface area contributed by atoms with Crippen molar-refractivity contribution in [1.29, 1.82) is 0 Å². The van der Waals surface area contributed by atoms with Gasteiger partial charge in [0.25, 0.3) is 10.0 Å². The third-order valence-electron chi connectivity index (χ3n) is 2.33. The Morgan fingerprint density at radius 2 is 2.15 bits per heavy atom. The fourth-order valence-electron chi connectivity index (χ4n) is 1.52. The lowest BCUT2D eigenvalue weighted by atomic mass is 10.1. The molecule has 0 saturated carbocycles. The molecule has 0 radical (unpaired) electrons. The van der Waals surface area contributed by atoms with Crippen LogP contribution in [0.4, 0.5) is 10.8 Å². The van der Waals surface area contributed by atoms with Gasteiger partial charge in [0, 0.05) is 12.6 Å². The van der Waals surface area contributed by atoms with E-state index >= 15 is 0 Å². The van der Waals surface area contributed by atoms with Gasteiger partial charge in [0.15, 0.2) is 5.03 Å². The van der Waals surface area contributed by atoms with Crippen LogP contribution in [-0.4, -0.2) is 23.6 Å². The van der Waals surface area contributed by atoms with Crippen LogP contribution < -0.4 is 10.5 Å². The van der Waals surface area contributed by atoms with Gasteiger partial charge in [-0.05, 0) is 18.1 Å². The molecule has 2 rings (SSSR count). The summed E-state index contributed by atoms with van der Waals surface area (Å²) in [5, 5.41) is 8.56. The van der Waals surface area contributed by atoms with Crippen LogP contribution in [0.3, 0.4) is 0 Å². The standard InChI is InChI=1S/C11H15N5O2S2/c1-7(2)6-9-14-15-11(19-9)16-20(17,18)10-8(12)4-3-5-13-10/h3-5,7H,6,12H2,1-2H3,(H,15,16). The Bertz CT molecular complexity index is 696. The molecular formula is C11H15N5O2S2. The van der Waals surface area contributed by atoms with Crippen molar-refractivity contribution in [2.45, 2.75) is 25.3 Å². The molecule has 0 fully saturated rings. The Labute approximate surface area is 121 Å². The Kier molecular flexibility index (Phi) is 4.19. The Morgan fingerprint density at radius 3 is 2.80 bits per heavy atom. The largest absolute Gasteiger partial charge is 0.396 e. The first-order valence-electron chi connectivity index (χ1n) is 5.94. The number of nitrogen functional groups attached to an aromatic ring is 1. The summed E-state index contributed by atoms with van der Waals surface area (Å²) in [5.41, 5.74) is 5.71. The zero-order valence-corrected chi connectivity index (χ0v) is 12.7. The molecule has 0 aromatic carbocycles. The summed E-state index contributed by atoms with van der Waals surface area (Å²) in [7, 11) is -3.84. The van der Waals surface area contributed by atoms with E-state index in [9.17, 15) is 8.42 Å². The molecule has 2 aromatic rings. The van der Waals surface area contributed by atoms with Gasteiger partial charge in [-0.2, -0.15) is 8.42 Å². The quantitative estimate of drug-likeness (QED) is 0.865. The van der Waals surface area contributed by atoms with Crippen LogP contribution in [0.5, 0.6) is 0 Å². The number of nitrogens with two attached hydrogens (primary N) is 1. The summed E-state index contributed by atoms with van der Waals surface area (Å²) in [4.78, 5) is 3.78. The predicted octanol–water partition coefficient (Wildman–Crippen LogP) is 1.51. The number of nitrogens with zero attached hydrogens (tertiary/aromatic N) is 3. The smallest absolute Gasteiger partial charge is 0.283 e. The van der Waals surface area contributed by atoms with Crippen LogP contribution in [0.2, 0.25) is 0 Å². The molecule has 0 aliphatic rings. The van der Waals surface area contributed by atoms with E-state index in [-0.39, 0.29) is 15.8 Å². The Hall–Kier alpha value is -1.74. The molecule has 0 aliphatic carbocycles. The molecule has 0 amide bonds. The van der Waals surface area contributed by atoms with Crippen molar-refractivity contribution in [1.82, 2.24) is 15.2 Å². The van der Waals surface area contributed by atoms with Gasteiger partial charge in [0.05, 0.1) is 5.69 Å². The normalized spacial score (nSPS) is 11.8. The topological polar surface area (TPSA) is 111 Å². The molecule has 0 aliphatic heterocycles. The van der Waals surface area contributed by atoms with Gasteiger partial charge < -0.3 is 5.73 Å². The zero-order valence-electron chi connectivity index (χ0n) is 11.1. The first-order chi connectivity index (χ1) is 9.38. The number of hydrogen-bond acceptors (Lipinski definition) is 7. The number of nitrogens with one attached hydrogen (secondary N) is 1. The van der Waals surface area contributed by atoms with E-state index in [1.807, 2.05) is 0 Å². The number of aromatic nitrogens is 3. The summed E-state index contributed by atoms with van der Waals surface area (Å²) in [6, 6.07) is 3.05. The van der Waals surface area contributed by atoms with Gasteiger partial charge in [-0.3, -0.25) is 4.72 Å². The highest BCUT2D eigenvalue weighted by Crippen LogP contribution is 2.22. The number of pyridine rings is 1. The predicted molar refractivity (Wildman–Crippen MR) is 77.9 cm³/mol. The number of anilines is 2. The highest BCUT2D eigenvalue weighted by Gasteiger charge is 2.21. The summed E-state index contributed by atoms with van der Waals surface area (Å²) < 4.78 is 26.6. The maximum Gasteiger partial charge on any atom is 0.283 e. The summed E-state index contributed by atoms with van der Waals surface area (Å²) in [6.45, 7) is 4.11. The van der Waals surface area contributed by atoms with E-state index in [0.29, 0.717) is 5.92 Å². The minimum Gasteiger partial charge on any atom is -0.396 e. The van der Waals surface area contributed by atoms with Crippen LogP contribution in [0, 0.1) is 5.92 Å². The van der Waals surface area contributed by atoms with Crippen LogP contribution in [0.25, 0.3) is 0 Å². The lowest BCUT2D eigenvalue weighted by molar-refractivity contribution is 0.598.